The van der Waals surface area contributed by atoms with Crippen molar-refractivity contribution in [3.05, 3.63) is 77.6 Å². The normalized spacial score (nSPS) is 24.1. The summed E-state index contributed by atoms with van der Waals surface area (Å²) < 4.78 is 8.16. The maximum Gasteiger partial charge on any atom is 0.160 e. The Balaban J connectivity index is 1.62. The van der Waals surface area contributed by atoms with Gasteiger partial charge in [0, 0.05) is 32.2 Å². The molecule has 1 saturated heterocycles. The first kappa shape index (κ1) is 20.7. The van der Waals surface area contributed by atoms with Crippen molar-refractivity contribution < 1.29 is 4.74 Å². The molecule has 0 amide bonds. The van der Waals surface area contributed by atoms with E-state index in [0.29, 0.717) is 0 Å². The Hall–Kier alpha value is -2.61. The minimum Gasteiger partial charge on any atom is -0.358 e. The highest BCUT2D eigenvalue weighted by Crippen LogP contribution is 2.35. The second-order valence-electron chi connectivity index (χ2n) is 7.78. The molecule has 1 fully saturated rings. The number of piperidine rings is 1. The summed E-state index contributed by atoms with van der Waals surface area (Å²) in [4.78, 5) is 0. The number of aromatic nitrogens is 4. The Kier molecular flexibility index (Phi) is 6.52. The van der Waals surface area contributed by atoms with E-state index in [1.807, 2.05) is 16.8 Å². The number of rotatable bonds is 8. The second kappa shape index (κ2) is 9.47. The quantitative estimate of drug-likeness (QED) is 0.599. The van der Waals surface area contributed by atoms with Gasteiger partial charge in [0.2, 0.25) is 0 Å². The third-order valence-electron chi connectivity index (χ3n) is 5.90. The SMILES string of the molecule is CCCc1nnnn1C1CN[C@](OC)(c2ccccc2)[C@H](NCc2ccccc2)C1. The van der Waals surface area contributed by atoms with Crippen molar-refractivity contribution in [2.45, 2.75) is 50.5 Å². The molecule has 7 nitrogen and oxygen atoms in total. The van der Waals surface area contributed by atoms with Crippen LogP contribution in [0.2, 0.25) is 0 Å². The summed E-state index contributed by atoms with van der Waals surface area (Å²) in [7, 11) is 1.77. The fourth-order valence-corrected chi connectivity index (χ4v) is 4.37. The first-order chi connectivity index (χ1) is 14.8. The van der Waals surface area contributed by atoms with Crippen LogP contribution in [0.25, 0.3) is 0 Å². The van der Waals surface area contributed by atoms with E-state index < -0.39 is 5.72 Å². The number of benzene rings is 2. The molecule has 1 aromatic heterocycles. The molecule has 1 aliphatic rings. The Bertz CT molecular complexity index is 916. The van der Waals surface area contributed by atoms with Gasteiger partial charge in [-0.1, -0.05) is 67.6 Å². The predicted octanol–water partition coefficient (Wildman–Crippen LogP) is 2.82. The van der Waals surface area contributed by atoms with Crippen LogP contribution in [0.1, 0.15) is 42.8 Å². The van der Waals surface area contributed by atoms with E-state index in [4.69, 9.17) is 4.74 Å². The number of aryl methyl sites for hydroxylation is 1. The molecule has 3 aromatic rings. The van der Waals surface area contributed by atoms with E-state index >= 15 is 0 Å². The summed E-state index contributed by atoms with van der Waals surface area (Å²) in [5.74, 6) is 0.940. The zero-order valence-electron chi connectivity index (χ0n) is 17.7. The number of methoxy groups -OCH3 is 1. The molecule has 158 valence electrons. The lowest BCUT2D eigenvalue weighted by atomic mass is 9.85. The monoisotopic (exact) mass is 406 g/mol. The van der Waals surface area contributed by atoms with Crippen LogP contribution in [-0.2, 0) is 23.4 Å². The number of ether oxygens (including phenoxy) is 1. The van der Waals surface area contributed by atoms with E-state index in [1.54, 1.807) is 7.11 Å². The lowest BCUT2D eigenvalue weighted by molar-refractivity contribution is -0.0990. The minimum atomic E-state index is -0.620. The molecule has 3 atom stereocenters. The van der Waals surface area contributed by atoms with E-state index in [0.717, 1.165) is 43.7 Å². The Morgan fingerprint density at radius 2 is 1.87 bits per heavy atom. The summed E-state index contributed by atoms with van der Waals surface area (Å²) >= 11 is 0. The summed E-state index contributed by atoms with van der Waals surface area (Å²) in [6, 6.07) is 21.0. The molecule has 0 spiro atoms. The Morgan fingerprint density at radius 3 is 2.57 bits per heavy atom. The largest absolute Gasteiger partial charge is 0.358 e. The van der Waals surface area contributed by atoms with Gasteiger partial charge in [-0.2, -0.15) is 0 Å². The molecule has 0 saturated carbocycles. The van der Waals surface area contributed by atoms with Gasteiger partial charge < -0.3 is 10.1 Å². The zero-order chi connectivity index (χ0) is 20.8. The first-order valence-electron chi connectivity index (χ1n) is 10.7. The number of nitrogens with one attached hydrogen (secondary N) is 2. The molecular weight excluding hydrogens is 376 g/mol. The van der Waals surface area contributed by atoms with Crippen molar-refractivity contribution in [3.63, 3.8) is 0 Å². The lowest BCUT2D eigenvalue weighted by Crippen LogP contribution is -2.63. The fourth-order valence-electron chi connectivity index (χ4n) is 4.37. The molecule has 2 heterocycles. The summed E-state index contributed by atoms with van der Waals surface area (Å²) in [6.45, 7) is 3.64. The fraction of sp³-hybridized carbons (Fsp3) is 0.435. The summed E-state index contributed by atoms with van der Waals surface area (Å²) in [5, 5.41) is 19.9. The van der Waals surface area contributed by atoms with Crippen molar-refractivity contribution in [3.8, 4) is 0 Å². The van der Waals surface area contributed by atoms with Gasteiger partial charge >= 0.3 is 0 Å². The number of nitrogens with zero attached hydrogens (tertiary/aromatic N) is 4. The molecule has 2 N–H and O–H groups in total. The number of hydrogen-bond acceptors (Lipinski definition) is 6. The van der Waals surface area contributed by atoms with Crippen LogP contribution < -0.4 is 10.6 Å². The molecule has 0 radical (unpaired) electrons. The lowest BCUT2D eigenvalue weighted by Gasteiger charge is -2.47. The van der Waals surface area contributed by atoms with Gasteiger partial charge in [-0.15, -0.1) is 5.10 Å². The molecule has 7 heteroatoms. The summed E-state index contributed by atoms with van der Waals surface area (Å²) in [5.41, 5.74) is 1.74. The van der Waals surface area contributed by atoms with Gasteiger partial charge in [0.25, 0.3) is 0 Å². The van der Waals surface area contributed by atoms with Crippen molar-refractivity contribution in [2.75, 3.05) is 13.7 Å². The number of tetrazole rings is 1. The van der Waals surface area contributed by atoms with Gasteiger partial charge in [-0.25, -0.2) is 4.68 Å². The molecule has 2 aromatic carbocycles. The van der Waals surface area contributed by atoms with E-state index in [-0.39, 0.29) is 12.1 Å². The van der Waals surface area contributed by atoms with Crippen molar-refractivity contribution >= 4 is 0 Å². The molecule has 4 rings (SSSR count). The Morgan fingerprint density at radius 1 is 1.13 bits per heavy atom. The Labute approximate surface area is 177 Å². The topological polar surface area (TPSA) is 76.9 Å². The van der Waals surface area contributed by atoms with Crippen LogP contribution in [0, 0.1) is 0 Å². The maximum atomic E-state index is 6.17. The van der Waals surface area contributed by atoms with Crippen LogP contribution in [0.4, 0.5) is 0 Å². The third kappa shape index (κ3) is 4.14. The average molecular weight is 407 g/mol. The highest BCUT2D eigenvalue weighted by atomic mass is 16.5. The highest BCUT2D eigenvalue weighted by Gasteiger charge is 2.46. The molecule has 1 unspecified atom stereocenters. The van der Waals surface area contributed by atoms with Crippen molar-refractivity contribution in [2.24, 2.45) is 0 Å². The standard InChI is InChI=1S/C23H30N6O/c1-3-10-22-26-27-28-29(22)20-15-21(24-16-18-11-6-4-7-12-18)23(30-2,25-17-20)19-13-8-5-9-14-19/h4-9,11-14,20-21,24-25H,3,10,15-17H2,1-2H3/t20?,21-,23+/m1/s1. The van der Waals surface area contributed by atoms with Crippen LogP contribution in [0.5, 0.6) is 0 Å². The van der Waals surface area contributed by atoms with Crippen LogP contribution >= 0.6 is 0 Å². The van der Waals surface area contributed by atoms with Crippen molar-refractivity contribution in [1.29, 1.82) is 0 Å². The molecule has 30 heavy (non-hydrogen) atoms. The molecule has 0 aliphatic carbocycles. The van der Waals surface area contributed by atoms with Crippen molar-refractivity contribution in [1.82, 2.24) is 30.8 Å². The smallest absolute Gasteiger partial charge is 0.160 e. The predicted molar refractivity (Wildman–Crippen MR) is 116 cm³/mol. The van der Waals surface area contributed by atoms with Crippen LogP contribution in [0.3, 0.4) is 0 Å². The second-order valence-corrected chi connectivity index (χ2v) is 7.78. The molecular formula is C23H30N6O. The van der Waals surface area contributed by atoms with E-state index in [9.17, 15) is 0 Å². The van der Waals surface area contributed by atoms with Gasteiger partial charge in [0.1, 0.15) is 0 Å². The van der Waals surface area contributed by atoms with Gasteiger partial charge in [0.15, 0.2) is 11.5 Å². The first-order valence-corrected chi connectivity index (χ1v) is 10.7. The van der Waals surface area contributed by atoms with E-state index in [1.165, 1.54) is 5.56 Å². The minimum absolute atomic E-state index is 0.0301. The molecule has 0 bridgehead atoms. The summed E-state index contributed by atoms with van der Waals surface area (Å²) in [6.07, 6.45) is 2.74. The molecule has 1 aliphatic heterocycles. The maximum absolute atomic E-state index is 6.17. The van der Waals surface area contributed by atoms with E-state index in [2.05, 4.69) is 81.6 Å². The highest BCUT2D eigenvalue weighted by molar-refractivity contribution is 5.26. The van der Waals surface area contributed by atoms with Crippen LogP contribution in [0.15, 0.2) is 60.7 Å². The third-order valence-corrected chi connectivity index (χ3v) is 5.90. The van der Waals surface area contributed by atoms with Gasteiger partial charge in [-0.3, -0.25) is 5.32 Å². The average Bonchev–Trinajstić information content (AvgIpc) is 3.27. The number of hydrogen-bond donors (Lipinski definition) is 2. The van der Waals surface area contributed by atoms with Gasteiger partial charge in [0.05, 0.1) is 12.1 Å². The van der Waals surface area contributed by atoms with Gasteiger partial charge in [-0.05, 0) is 28.8 Å². The zero-order valence-corrected chi connectivity index (χ0v) is 17.7. The van der Waals surface area contributed by atoms with Crippen LogP contribution in [-0.4, -0.2) is 39.9 Å².